The quantitative estimate of drug-likeness (QED) is 0.578. The second kappa shape index (κ2) is 9.68. The first kappa shape index (κ1) is 21.7. The van der Waals surface area contributed by atoms with Crippen LogP contribution in [-0.4, -0.2) is 40.3 Å². The van der Waals surface area contributed by atoms with Crippen LogP contribution in [0.15, 0.2) is 65.9 Å². The number of carboxylic acids is 1. The van der Waals surface area contributed by atoms with E-state index in [0.717, 1.165) is 35.3 Å². The number of aliphatic hydroxyl groups is 1. The summed E-state index contributed by atoms with van der Waals surface area (Å²) in [7, 11) is 1.65. The van der Waals surface area contributed by atoms with Gasteiger partial charge in [0.05, 0.1) is 26.5 Å². The summed E-state index contributed by atoms with van der Waals surface area (Å²) < 4.78 is 8.88. The van der Waals surface area contributed by atoms with E-state index in [1.54, 1.807) is 18.0 Å². The average Bonchev–Trinajstić information content (AvgIpc) is 3.30. The summed E-state index contributed by atoms with van der Waals surface area (Å²) in [6.45, 7) is 1.29. The number of hydrogen-bond donors (Lipinski definition) is 2. The molecule has 9 heteroatoms. The Hall–Kier alpha value is -3.98. The number of nitrogen functional groups attached to an aromatic ring is 1. The van der Waals surface area contributed by atoms with E-state index in [9.17, 15) is 0 Å². The fourth-order valence-electron chi connectivity index (χ4n) is 3.08. The van der Waals surface area contributed by atoms with Crippen LogP contribution in [-0.2, 0) is 11.3 Å². The topological polar surface area (TPSA) is 130 Å². The number of fused-ring (bicyclic) bond motifs is 1. The fourth-order valence-corrected chi connectivity index (χ4v) is 3.08. The SMILES string of the molecule is CC(=O)[O-].COc1ccc(C2=CC(=Nc3cnn(CCO)c3N)c3cccc[n+]32)cc1. The van der Waals surface area contributed by atoms with E-state index < -0.39 is 5.97 Å². The lowest BCUT2D eigenvalue weighted by atomic mass is 10.1. The number of carbonyl (C=O) groups excluding carboxylic acids is 1. The first-order valence-corrected chi connectivity index (χ1v) is 9.50. The number of anilines is 1. The molecule has 1 aliphatic heterocycles. The highest BCUT2D eigenvalue weighted by Gasteiger charge is 2.29. The minimum absolute atomic E-state index is 0.0257. The van der Waals surface area contributed by atoms with Crippen LogP contribution in [0.4, 0.5) is 11.5 Å². The van der Waals surface area contributed by atoms with Crippen molar-refractivity contribution < 1.29 is 24.3 Å². The number of methoxy groups -OCH3 is 1. The van der Waals surface area contributed by atoms with Crippen molar-refractivity contribution in [2.45, 2.75) is 13.5 Å². The second-order valence-electron chi connectivity index (χ2n) is 6.56. The average molecular weight is 421 g/mol. The number of carbonyl (C=O) groups is 1. The monoisotopic (exact) mass is 421 g/mol. The molecule has 0 amide bonds. The molecule has 3 heterocycles. The third-order valence-corrected chi connectivity index (χ3v) is 4.45. The Morgan fingerprint density at radius 2 is 2.00 bits per heavy atom. The zero-order chi connectivity index (χ0) is 22.4. The van der Waals surface area contributed by atoms with E-state index in [1.165, 1.54) is 0 Å². The molecule has 1 aliphatic rings. The van der Waals surface area contributed by atoms with Crippen molar-refractivity contribution in [2.75, 3.05) is 19.5 Å². The van der Waals surface area contributed by atoms with Gasteiger partial charge in [0.2, 0.25) is 11.4 Å². The standard InChI is InChI=1S/C20H19N5O2.C2H4O2/c1-27-15-7-5-14(6-8-15)19-12-16(18-4-2-3-9-24(18)19)23-17-13-22-25(10-11-26)20(17)21;1-2(3)4/h2-9,12-13,21,26H,10-11H2,1H3;1H3,(H,3,4). The van der Waals surface area contributed by atoms with Crippen LogP contribution in [0, 0.1) is 0 Å². The molecular formula is C22H23N5O4. The Morgan fingerprint density at radius 1 is 1.29 bits per heavy atom. The molecule has 0 fully saturated rings. The third kappa shape index (κ3) is 4.96. The molecule has 3 N–H and O–H groups in total. The molecule has 4 rings (SSSR count). The van der Waals surface area contributed by atoms with Gasteiger partial charge in [-0.05, 0) is 37.3 Å². The van der Waals surface area contributed by atoms with E-state index in [4.69, 9.17) is 30.5 Å². The molecule has 0 saturated carbocycles. The molecule has 0 bridgehead atoms. The highest BCUT2D eigenvalue weighted by molar-refractivity contribution is 6.13. The number of allylic oxidation sites excluding steroid dienone is 1. The van der Waals surface area contributed by atoms with Gasteiger partial charge in [0.15, 0.2) is 6.20 Å². The summed E-state index contributed by atoms with van der Waals surface area (Å²) >= 11 is 0. The Bertz CT molecular complexity index is 1130. The zero-order valence-corrected chi connectivity index (χ0v) is 17.2. The van der Waals surface area contributed by atoms with Crippen molar-refractivity contribution in [1.82, 2.24) is 9.78 Å². The third-order valence-electron chi connectivity index (χ3n) is 4.45. The number of aliphatic hydroxyl groups excluding tert-OH is 1. The lowest BCUT2D eigenvalue weighted by Crippen LogP contribution is -2.34. The Balaban J connectivity index is 0.000000628. The number of hydrogen-bond acceptors (Lipinski definition) is 7. The normalized spacial score (nSPS) is 13.3. The molecule has 0 unspecified atom stereocenters. The van der Waals surface area contributed by atoms with Crippen molar-refractivity contribution in [3.05, 3.63) is 72.2 Å². The van der Waals surface area contributed by atoms with Crippen molar-refractivity contribution in [2.24, 2.45) is 4.99 Å². The van der Waals surface area contributed by atoms with Gasteiger partial charge in [-0.1, -0.05) is 0 Å². The minimum Gasteiger partial charge on any atom is -0.550 e. The van der Waals surface area contributed by atoms with Crippen LogP contribution in [0.1, 0.15) is 18.2 Å². The van der Waals surface area contributed by atoms with Gasteiger partial charge in [0.1, 0.15) is 23.0 Å². The van der Waals surface area contributed by atoms with Gasteiger partial charge >= 0.3 is 0 Å². The number of nitrogens with zero attached hydrogens (tertiary/aromatic N) is 4. The van der Waals surface area contributed by atoms with Gasteiger partial charge in [-0.2, -0.15) is 9.67 Å². The first-order valence-electron chi connectivity index (χ1n) is 9.50. The first-order chi connectivity index (χ1) is 14.9. The summed E-state index contributed by atoms with van der Waals surface area (Å²) in [6.07, 6.45) is 5.65. The van der Waals surface area contributed by atoms with Gasteiger partial charge in [-0.15, -0.1) is 0 Å². The molecule has 0 spiro atoms. The van der Waals surface area contributed by atoms with Crippen LogP contribution in [0.2, 0.25) is 0 Å². The Morgan fingerprint density at radius 3 is 2.65 bits per heavy atom. The van der Waals surface area contributed by atoms with Crippen molar-refractivity contribution in [3.8, 4) is 5.75 Å². The maximum Gasteiger partial charge on any atom is 0.237 e. The minimum atomic E-state index is -1.08. The molecule has 0 saturated heterocycles. The molecule has 9 nitrogen and oxygen atoms in total. The van der Waals surface area contributed by atoms with E-state index in [1.807, 2.05) is 54.7 Å². The van der Waals surface area contributed by atoms with Gasteiger partial charge in [-0.25, -0.2) is 9.67 Å². The van der Waals surface area contributed by atoms with E-state index in [2.05, 4.69) is 9.67 Å². The molecule has 3 aromatic rings. The van der Waals surface area contributed by atoms with Gasteiger partial charge < -0.3 is 25.5 Å². The van der Waals surface area contributed by atoms with Crippen molar-refractivity contribution >= 4 is 28.9 Å². The largest absolute Gasteiger partial charge is 0.550 e. The summed E-state index contributed by atoms with van der Waals surface area (Å²) in [4.78, 5) is 13.6. The molecule has 2 aromatic heterocycles. The maximum absolute atomic E-state index is 9.09. The smallest absolute Gasteiger partial charge is 0.237 e. The maximum atomic E-state index is 9.09. The molecular weight excluding hydrogens is 398 g/mol. The number of aromatic nitrogens is 3. The second-order valence-corrected chi connectivity index (χ2v) is 6.56. The van der Waals surface area contributed by atoms with Crippen molar-refractivity contribution in [3.63, 3.8) is 0 Å². The molecule has 1 aromatic carbocycles. The summed E-state index contributed by atoms with van der Waals surface area (Å²) in [5.74, 6) is 0.166. The fraction of sp³-hybridized carbons (Fsp3) is 0.182. The number of rotatable bonds is 5. The number of aliphatic imine (C=N–C) groups is 1. The highest BCUT2D eigenvalue weighted by atomic mass is 16.5. The van der Waals surface area contributed by atoms with Gasteiger partial charge in [-0.3, -0.25) is 0 Å². The van der Waals surface area contributed by atoms with Crippen LogP contribution in [0.5, 0.6) is 5.75 Å². The van der Waals surface area contributed by atoms with E-state index in [-0.39, 0.29) is 6.61 Å². The lowest BCUT2D eigenvalue weighted by Gasteiger charge is -2.02. The predicted octanol–water partition coefficient (Wildman–Crippen LogP) is 0.533. The Labute approximate surface area is 179 Å². The van der Waals surface area contributed by atoms with Crippen LogP contribution >= 0.6 is 0 Å². The van der Waals surface area contributed by atoms with Crippen LogP contribution in [0.3, 0.4) is 0 Å². The summed E-state index contributed by atoms with van der Waals surface area (Å²) in [6, 6.07) is 13.9. The van der Waals surface area contributed by atoms with Crippen molar-refractivity contribution in [1.29, 1.82) is 0 Å². The molecule has 160 valence electrons. The van der Waals surface area contributed by atoms with Gasteiger partial charge in [0, 0.05) is 29.7 Å². The Kier molecular flexibility index (Phi) is 6.78. The van der Waals surface area contributed by atoms with Crippen LogP contribution < -0.4 is 20.1 Å². The number of nitrogens with two attached hydrogens (primary N) is 1. The molecule has 0 aliphatic carbocycles. The highest BCUT2D eigenvalue weighted by Crippen LogP contribution is 2.26. The predicted molar refractivity (Wildman–Crippen MR) is 114 cm³/mol. The zero-order valence-electron chi connectivity index (χ0n) is 17.2. The summed E-state index contributed by atoms with van der Waals surface area (Å²) in [5.41, 5.74) is 10.5. The molecule has 31 heavy (non-hydrogen) atoms. The number of benzene rings is 1. The number of ether oxygens (including phenoxy) is 1. The van der Waals surface area contributed by atoms with Gasteiger partial charge in [0.25, 0.3) is 0 Å². The van der Waals surface area contributed by atoms with E-state index in [0.29, 0.717) is 18.1 Å². The number of aliphatic carboxylic acids is 1. The summed E-state index contributed by atoms with van der Waals surface area (Å²) in [5, 5.41) is 22.2. The van der Waals surface area contributed by atoms with E-state index >= 15 is 0 Å². The molecule has 0 radical (unpaired) electrons. The molecule has 0 atom stereocenters. The van der Waals surface area contributed by atoms with Crippen LogP contribution in [0.25, 0.3) is 5.70 Å². The number of carboxylic acid groups (broad SMARTS) is 1. The number of pyridine rings is 1. The lowest BCUT2D eigenvalue weighted by molar-refractivity contribution is -0.577.